The van der Waals surface area contributed by atoms with E-state index in [9.17, 15) is 14.7 Å². The Morgan fingerprint density at radius 2 is 1.73 bits per heavy atom. The Hall–Kier alpha value is -3.87. The molecule has 30 heavy (non-hydrogen) atoms. The largest absolute Gasteiger partial charge is 0.507 e. The lowest BCUT2D eigenvalue weighted by atomic mass is 9.95. The van der Waals surface area contributed by atoms with Gasteiger partial charge in [-0.1, -0.05) is 47.1 Å². The molecule has 0 radical (unpaired) electrons. The molecule has 3 aromatic rings. The van der Waals surface area contributed by atoms with Gasteiger partial charge in [0.1, 0.15) is 17.3 Å². The third-order valence-corrected chi connectivity index (χ3v) is 5.06. The molecule has 0 bridgehead atoms. The summed E-state index contributed by atoms with van der Waals surface area (Å²) in [6.07, 6.45) is 0. The van der Waals surface area contributed by atoms with Crippen LogP contribution in [-0.2, 0) is 9.59 Å². The lowest BCUT2D eigenvalue weighted by molar-refractivity contribution is -0.132. The van der Waals surface area contributed by atoms with Gasteiger partial charge in [-0.25, -0.2) is 0 Å². The number of carbonyl (C=O) groups is 2. The van der Waals surface area contributed by atoms with Crippen molar-refractivity contribution in [1.29, 1.82) is 0 Å². The van der Waals surface area contributed by atoms with Crippen molar-refractivity contribution < 1.29 is 24.0 Å². The van der Waals surface area contributed by atoms with E-state index in [1.165, 1.54) is 4.90 Å². The number of ketones is 1. The second kappa shape index (κ2) is 7.51. The van der Waals surface area contributed by atoms with Gasteiger partial charge in [-0.3, -0.25) is 14.5 Å². The predicted octanol–water partition coefficient (Wildman–Crippen LogP) is 3.93. The van der Waals surface area contributed by atoms with Gasteiger partial charge >= 0.3 is 5.91 Å². The lowest BCUT2D eigenvalue weighted by Crippen LogP contribution is -2.29. The van der Waals surface area contributed by atoms with Crippen LogP contribution in [0.4, 0.5) is 5.82 Å². The van der Waals surface area contributed by atoms with Crippen LogP contribution in [0.15, 0.2) is 64.7 Å². The van der Waals surface area contributed by atoms with Crippen molar-refractivity contribution in [1.82, 2.24) is 5.16 Å². The molecule has 2 heterocycles. The number of amides is 1. The standard InChI is InChI=1S/C23H20N2O5/c1-13-4-6-16(7-5-13)21(26)19-20(15-8-10-17(29-3)11-9-15)25(23(28)22(19)27)18-12-14(2)30-24-18/h4-12,20,26H,1-3H3/b21-19+/t20-/m1/s1. The number of rotatable bonds is 4. The molecule has 0 aliphatic carbocycles. The molecule has 1 aliphatic rings. The van der Waals surface area contributed by atoms with Crippen LogP contribution in [-0.4, -0.2) is 29.1 Å². The zero-order chi connectivity index (χ0) is 21.4. The van der Waals surface area contributed by atoms with Crippen LogP contribution < -0.4 is 9.64 Å². The smallest absolute Gasteiger partial charge is 0.301 e. The van der Waals surface area contributed by atoms with E-state index in [-0.39, 0.29) is 17.2 Å². The molecule has 0 saturated carbocycles. The molecule has 1 atom stereocenters. The van der Waals surface area contributed by atoms with Crippen molar-refractivity contribution in [2.75, 3.05) is 12.0 Å². The molecule has 1 N–H and O–H groups in total. The van der Waals surface area contributed by atoms with Crippen LogP contribution in [0.5, 0.6) is 5.75 Å². The number of anilines is 1. The van der Waals surface area contributed by atoms with E-state index in [0.29, 0.717) is 22.6 Å². The molecule has 2 aromatic carbocycles. The predicted molar refractivity (Wildman–Crippen MR) is 110 cm³/mol. The molecule has 4 rings (SSSR count). The van der Waals surface area contributed by atoms with Gasteiger partial charge in [0.15, 0.2) is 5.82 Å². The van der Waals surface area contributed by atoms with Crippen molar-refractivity contribution in [3.63, 3.8) is 0 Å². The first-order valence-corrected chi connectivity index (χ1v) is 9.36. The van der Waals surface area contributed by atoms with Crippen LogP contribution in [0.25, 0.3) is 5.76 Å². The third-order valence-electron chi connectivity index (χ3n) is 5.06. The maximum atomic E-state index is 13.0. The summed E-state index contributed by atoms with van der Waals surface area (Å²) >= 11 is 0. The molecule has 1 aliphatic heterocycles. The summed E-state index contributed by atoms with van der Waals surface area (Å²) < 4.78 is 10.3. The Morgan fingerprint density at radius 1 is 1.07 bits per heavy atom. The highest BCUT2D eigenvalue weighted by molar-refractivity contribution is 6.51. The van der Waals surface area contributed by atoms with Crippen molar-refractivity contribution in [2.24, 2.45) is 0 Å². The lowest BCUT2D eigenvalue weighted by Gasteiger charge is -2.23. The maximum absolute atomic E-state index is 13.0. The first kappa shape index (κ1) is 19.4. The quantitative estimate of drug-likeness (QED) is 0.402. The highest BCUT2D eigenvalue weighted by Gasteiger charge is 2.48. The molecule has 1 aromatic heterocycles. The first-order valence-electron chi connectivity index (χ1n) is 9.36. The van der Waals surface area contributed by atoms with Crippen molar-refractivity contribution in [3.05, 3.63) is 82.6 Å². The molecule has 0 spiro atoms. The topological polar surface area (TPSA) is 92.9 Å². The number of nitrogens with zero attached hydrogens (tertiary/aromatic N) is 2. The number of aliphatic hydroxyl groups is 1. The van der Waals surface area contributed by atoms with Gasteiger partial charge in [-0.2, -0.15) is 0 Å². The average Bonchev–Trinajstić information content (AvgIpc) is 3.29. The fourth-order valence-corrected chi connectivity index (χ4v) is 3.50. The molecule has 7 nitrogen and oxygen atoms in total. The molecule has 1 fully saturated rings. The number of methoxy groups -OCH3 is 1. The first-order chi connectivity index (χ1) is 14.4. The van der Waals surface area contributed by atoms with E-state index in [4.69, 9.17) is 9.26 Å². The summed E-state index contributed by atoms with van der Waals surface area (Å²) in [7, 11) is 1.55. The normalized spacial score (nSPS) is 18.1. The summed E-state index contributed by atoms with van der Waals surface area (Å²) in [6, 6.07) is 14.8. The Balaban J connectivity index is 1.92. The molecule has 1 saturated heterocycles. The Kier molecular flexibility index (Phi) is 4.87. The van der Waals surface area contributed by atoms with Crippen LogP contribution >= 0.6 is 0 Å². The van der Waals surface area contributed by atoms with Gasteiger partial charge in [0.2, 0.25) is 0 Å². The summed E-state index contributed by atoms with van der Waals surface area (Å²) in [6.45, 7) is 3.62. The van der Waals surface area contributed by atoms with Crippen LogP contribution in [0.3, 0.4) is 0 Å². The Bertz CT molecular complexity index is 1140. The van der Waals surface area contributed by atoms with E-state index in [0.717, 1.165) is 5.56 Å². The molecular formula is C23H20N2O5. The molecule has 1 amide bonds. The highest BCUT2D eigenvalue weighted by atomic mass is 16.5. The van der Waals surface area contributed by atoms with Gasteiger partial charge in [-0.05, 0) is 31.5 Å². The number of aromatic nitrogens is 1. The zero-order valence-corrected chi connectivity index (χ0v) is 16.7. The number of carbonyl (C=O) groups excluding carboxylic acids is 2. The monoisotopic (exact) mass is 404 g/mol. The number of ether oxygens (including phenoxy) is 1. The molecule has 7 heteroatoms. The van der Waals surface area contributed by atoms with Crippen molar-refractivity contribution in [3.8, 4) is 5.75 Å². The van der Waals surface area contributed by atoms with E-state index in [1.54, 1.807) is 56.5 Å². The van der Waals surface area contributed by atoms with Gasteiger partial charge in [0, 0.05) is 11.6 Å². The summed E-state index contributed by atoms with van der Waals surface area (Å²) in [5.74, 6) is -0.465. The van der Waals surface area contributed by atoms with Gasteiger partial charge in [-0.15, -0.1) is 0 Å². The number of hydrogen-bond acceptors (Lipinski definition) is 6. The highest BCUT2D eigenvalue weighted by Crippen LogP contribution is 2.42. The number of Topliss-reactive ketones (excluding diaryl/α,β-unsaturated/α-hetero) is 1. The molecule has 0 unspecified atom stereocenters. The van der Waals surface area contributed by atoms with Crippen molar-refractivity contribution in [2.45, 2.75) is 19.9 Å². The fourth-order valence-electron chi connectivity index (χ4n) is 3.50. The van der Waals surface area contributed by atoms with E-state index in [2.05, 4.69) is 5.16 Å². The summed E-state index contributed by atoms with van der Waals surface area (Å²) in [4.78, 5) is 27.2. The summed E-state index contributed by atoms with van der Waals surface area (Å²) in [5.41, 5.74) is 2.09. The number of aliphatic hydroxyl groups excluding tert-OH is 1. The maximum Gasteiger partial charge on any atom is 0.301 e. The number of benzene rings is 2. The fraction of sp³-hybridized carbons (Fsp3) is 0.174. The summed E-state index contributed by atoms with van der Waals surface area (Å²) in [5, 5.41) is 14.9. The van der Waals surface area contributed by atoms with Crippen LogP contribution in [0.1, 0.15) is 28.5 Å². The SMILES string of the molecule is COc1ccc([C@@H]2/C(=C(\O)c3ccc(C)cc3)C(=O)C(=O)N2c2cc(C)on2)cc1. The van der Waals surface area contributed by atoms with Gasteiger partial charge < -0.3 is 14.4 Å². The Labute approximate surface area is 173 Å². The minimum absolute atomic E-state index is 0.00493. The van der Waals surface area contributed by atoms with E-state index < -0.39 is 17.7 Å². The van der Waals surface area contributed by atoms with E-state index >= 15 is 0 Å². The minimum Gasteiger partial charge on any atom is -0.507 e. The second-order valence-corrected chi connectivity index (χ2v) is 7.10. The van der Waals surface area contributed by atoms with Crippen molar-refractivity contribution >= 4 is 23.3 Å². The average molecular weight is 404 g/mol. The minimum atomic E-state index is -0.860. The number of aryl methyl sites for hydroxylation is 2. The molecule has 152 valence electrons. The van der Waals surface area contributed by atoms with E-state index in [1.807, 2.05) is 19.1 Å². The van der Waals surface area contributed by atoms with Gasteiger partial charge in [0.25, 0.3) is 5.78 Å². The van der Waals surface area contributed by atoms with Gasteiger partial charge in [0.05, 0.1) is 18.7 Å². The molecular weight excluding hydrogens is 384 g/mol. The Morgan fingerprint density at radius 3 is 2.30 bits per heavy atom. The third kappa shape index (κ3) is 3.24. The second-order valence-electron chi connectivity index (χ2n) is 7.10. The number of hydrogen-bond donors (Lipinski definition) is 1. The van der Waals surface area contributed by atoms with Crippen LogP contribution in [0, 0.1) is 13.8 Å². The zero-order valence-electron chi connectivity index (χ0n) is 16.7. The van der Waals surface area contributed by atoms with Crippen LogP contribution in [0.2, 0.25) is 0 Å².